The Morgan fingerprint density at radius 3 is 1.71 bits per heavy atom. The molecule has 0 fully saturated rings. The first-order valence-electron chi connectivity index (χ1n) is 22.7. The van der Waals surface area contributed by atoms with Gasteiger partial charge < -0.3 is 18.1 Å². The zero-order chi connectivity index (χ0) is 43.9. The lowest BCUT2D eigenvalue weighted by molar-refractivity contribution is 0.669. The van der Waals surface area contributed by atoms with Crippen LogP contribution in [0, 0.1) is 0 Å². The van der Waals surface area contributed by atoms with Gasteiger partial charge in [0.25, 0.3) is 0 Å². The van der Waals surface area contributed by atoms with E-state index in [-0.39, 0.29) is 0 Å². The van der Waals surface area contributed by atoms with Gasteiger partial charge in [0.2, 0.25) is 0 Å². The first-order valence-corrected chi connectivity index (χ1v) is 22.7. The maximum Gasteiger partial charge on any atom is 0.135 e. The third-order valence-electron chi connectivity index (χ3n) is 13.6. The molecule has 0 aliphatic heterocycles. The van der Waals surface area contributed by atoms with Gasteiger partial charge in [0.1, 0.15) is 11.2 Å². The normalized spacial score (nSPS) is 13.1. The van der Waals surface area contributed by atoms with Crippen LogP contribution in [-0.2, 0) is 6.42 Å². The van der Waals surface area contributed by atoms with Gasteiger partial charge in [-0.25, -0.2) is 0 Å². The highest BCUT2D eigenvalue weighted by Crippen LogP contribution is 2.41. The fraction of sp³-hybridized carbons (Fsp3) is 0.0323. The molecule has 312 valence electrons. The van der Waals surface area contributed by atoms with Crippen molar-refractivity contribution in [2.75, 3.05) is 0 Å². The van der Waals surface area contributed by atoms with Crippen LogP contribution in [0.2, 0.25) is 0 Å². The minimum absolute atomic E-state index is 0.861. The lowest BCUT2D eigenvalue weighted by Gasteiger charge is -2.12. The quantitative estimate of drug-likeness (QED) is 0.147. The second kappa shape index (κ2) is 15.0. The van der Waals surface area contributed by atoms with Crippen molar-refractivity contribution >= 4 is 88.2 Å². The Bertz CT molecular complexity index is 4060. The Morgan fingerprint density at radius 2 is 1.08 bits per heavy atom. The van der Waals surface area contributed by atoms with E-state index >= 15 is 0 Å². The lowest BCUT2D eigenvalue weighted by atomic mass is 9.97. The van der Waals surface area contributed by atoms with Crippen LogP contribution in [0.3, 0.4) is 0 Å². The van der Waals surface area contributed by atoms with Crippen LogP contribution >= 0.6 is 0 Å². The molecule has 66 heavy (non-hydrogen) atoms. The first kappa shape index (κ1) is 37.9. The third kappa shape index (κ3) is 5.78. The summed E-state index contributed by atoms with van der Waals surface area (Å²) < 4.78 is 13.7. The van der Waals surface area contributed by atoms with E-state index in [2.05, 4.69) is 234 Å². The van der Waals surface area contributed by atoms with E-state index in [1.54, 1.807) is 0 Å². The number of para-hydroxylation sites is 3. The fourth-order valence-corrected chi connectivity index (χ4v) is 10.6. The average molecular weight is 846 g/mol. The van der Waals surface area contributed by atoms with Crippen molar-refractivity contribution in [3.8, 4) is 33.6 Å². The molecular weight excluding hydrogens is 803 g/mol. The van der Waals surface area contributed by atoms with E-state index in [0.717, 1.165) is 50.9 Å². The fourth-order valence-electron chi connectivity index (χ4n) is 10.6. The van der Waals surface area contributed by atoms with Crippen LogP contribution in [0.25, 0.3) is 122 Å². The molecule has 0 saturated carbocycles. The molecule has 0 unspecified atom stereocenters. The van der Waals surface area contributed by atoms with Gasteiger partial charge >= 0.3 is 0 Å². The molecule has 0 atom stereocenters. The number of benzene rings is 8. The molecule has 0 radical (unpaired) electrons. The second-order valence-corrected chi connectivity index (χ2v) is 17.2. The zero-order valence-corrected chi connectivity index (χ0v) is 36.4. The van der Waals surface area contributed by atoms with Gasteiger partial charge in [0.15, 0.2) is 0 Å². The third-order valence-corrected chi connectivity index (χ3v) is 13.6. The Hall–Kier alpha value is -8.60. The highest BCUT2D eigenvalue weighted by Gasteiger charge is 2.20. The zero-order valence-electron chi connectivity index (χ0n) is 36.4. The van der Waals surface area contributed by atoms with Gasteiger partial charge in [0.05, 0.1) is 27.6 Å². The molecule has 12 aromatic rings. The van der Waals surface area contributed by atoms with Crippen molar-refractivity contribution in [2.24, 2.45) is 0 Å². The number of hydrogen-bond acceptors (Lipinski definition) is 1. The number of rotatable bonds is 7. The molecule has 8 aromatic carbocycles. The van der Waals surface area contributed by atoms with Gasteiger partial charge in [-0.1, -0.05) is 140 Å². The van der Waals surface area contributed by atoms with E-state index in [4.69, 9.17) is 4.42 Å². The summed E-state index contributed by atoms with van der Waals surface area (Å²) in [6.45, 7) is 6.04. The standard InChI is InChI=1S/C62H43N3O/c1-3-5-18-44(4-2)63-55-23-8-6-7-19-49(55)51-31-27-43(37-60(51)63)41-17-15-16-40(35-41)42-28-32-59-52(36-42)50-22-11-14-26-58(50)65(59)46-30-34-62-54(39-46)53-38-45(29-33-61(53)66-62)64-56-24-12-9-20-47(56)48-21-10-13-25-57(48)64/h3-22,24-39H,1,23H2,2H3/b18-5-,44-4+. The number of allylic oxidation sites excluding steroid dienone is 8. The molecule has 0 saturated heterocycles. The van der Waals surface area contributed by atoms with Crippen molar-refractivity contribution in [3.63, 3.8) is 0 Å². The Kier molecular flexibility index (Phi) is 8.62. The average Bonchev–Trinajstić information content (AvgIpc) is 4.04. The summed E-state index contributed by atoms with van der Waals surface area (Å²) in [6, 6.07) is 62.1. The minimum Gasteiger partial charge on any atom is -0.456 e. The van der Waals surface area contributed by atoms with Crippen LogP contribution in [0.1, 0.15) is 18.2 Å². The predicted molar refractivity (Wildman–Crippen MR) is 280 cm³/mol. The van der Waals surface area contributed by atoms with Crippen LogP contribution in [0.4, 0.5) is 0 Å². The van der Waals surface area contributed by atoms with E-state index in [0.29, 0.717) is 0 Å². The Balaban J connectivity index is 0.915. The molecular formula is C62H43N3O. The maximum atomic E-state index is 6.50. The van der Waals surface area contributed by atoms with Gasteiger partial charge in [-0.2, -0.15) is 0 Å². The molecule has 0 amide bonds. The largest absolute Gasteiger partial charge is 0.456 e. The van der Waals surface area contributed by atoms with Crippen LogP contribution in [0.5, 0.6) is 0 Å². The highest BCUT2D eigenvalue weighted by atomic mass is 16.3. The first-order chi connectivity index (χ1) is 32.6. The number of hydrogen-bond donors (Lipinski definition) is 0. The molecule has 13 rings (SSSR count). The van der Waals surface area contributed by atoms with Crippen LogP contribution in [0.15, 0.2) is 223 Å². The van der Waals surface area contributed by atoms with Crippen molar-refractivity contribution < 1.29 is 4.42 Å². The van der Waals surface area contributed by atoms with E-state index in [1.807, 2.05) is 12.2 Å². The second-order valence-electron chi connectivity index (χ2n) is 17.2. The van der Waals surface area contributed by atoms with E-state index in [9.17, 15) is 0 Å². The summed E-state index contributed by atoms with van der Waals surface area (Å²) in [5, 5.41) is 8.37. The van der Waals surface area contributed by atoms with Crippen molar-refractivity contribution in [2.45, 2.75) is 13.3 Å². The molecule has 4 aromatic heterocycles. The number of aromatic nitrogens is 3. The van der Waals surface area contributed by atoms with Crippen molar-refractivity contribution in [1.82, 2.24) is 13.7 Å². The molecule has 4 nitrogen and oxygen atoms in total. The Labute approximate surface area is 381 Å². The van der Waals surface area contributed by atoms with Crippen LogP contribution < -0.4 is 0 Å². The Morgan fingerprint density at radius 1 is 0.500 bits per heavy atom. The van der Waals surface area contributed by atoms with Gasteiger partial charge in [-0.15, -0.1) is 0 Å². The predicted octanol–water partition coefficient (Wildman–Crippen LogP) is 16.8. The minimum atomic E-state index is 0.861. The lowest BCUT2D eigenvalue weighted by Crippen LogP contribution is -2.01. The summed E-state index contributed by atoms with van der Waals surface area (Å²) in [5.74, 6) is 0. The van der Waals surface area contributed by atoms with Gasteiger partial charge in [-0.05, 0) is 114 Å². The van der Waals surface area contributed by atoms with E-state index < -0.39 is 0 Å². The molecule has 0 spiro atoms. The van der Waals surface area contributed by atoms with Crippen molar-refractivity contribution in [3.05, 3.63) is 230 Å². The van der Waals surface area contributed by atoms with Crippen molar-refractivity contribution in [1.29, 1.82) is 0 Å². The monoisotopic (exact) mass is 845 g/mol. The van der Waals surface area contributed by atoms with Gasteiger partial charge in [-0.3, -0.25) is 0 Å². The summed E-state index contributed by atoms with van der Waals surface area (Å²) in [5.41, 5.74) is 18.3. The summed E-state index contributed by atoms with van der Waals surface area (Å²) in [6.07, 6.45) is 17.8. The maximum absolute atomic E-state index is 6.50. The van der Waals surface area contributed by atoms with E-state index in [1.165, 1.54) is 82.5 Å². The van der Waals surface area contributed by atoms with Crippen LogP contribution in [-0.4, -0.2) is 13.7 Å². The molecule has 4 heterocycles. The summed E-state index contributed by atoms with van der Waals surface area (Å²) in [7, 11) is 0. The summed E-state index contributed by atoms with van der Waals surface area (Å²) >= 11 is 0. The molecule has 4 heteroatoms. The topological polar surface area (TPSA) is 27.9 Å². The molecule has 0 bridgehead atoms. The summed E-state index contributed by atoms with van der Waals surface area (Å²) in [4.78, 5) is 0. The number of fused-ring (bicyclic) bond motifs is 12. The van der Waals surface area contributed by atoms with Gasteiger partial charge in [0, 0.05) is 72.5 Å². The highest BCUT2D eigenvalue weighted by molar-refractivity contribution is 6.13. The smallest absolute Gasteiger partial charge is 0.135 e. The molecule has 1 aliphatic rings. The number of nitrogens with zero attached hydrogens (tertiary/aromatic N) is 3. The molecule has 0 N–H and O–H groups in total. The molecule has 1 aliphatic carbocycles. The number of furan rings is 1. The SMILES string of the molecule is C=C/C=C\C(=C/C)n1c2c(c3ccc(-c4cccc(-c5ccc6c(c5)c5ccccc5n6-c5ccc6oc7ccc(-n8c9ccccc9c9ccccc98)cc7c6c5)c4)cc31)C=CC=CC2.